The molecule has 0 bridgehead atoms. The van der Waals surface area contributed by atoms with Crippen LogP contribution in [0.5, 0.6) is 11.5 Å². The van der Waals surface area contributed by atoms with Crippen LogP contribution in [0.25, 0.3) is 10.8 Å². The van der Waals surface area contributed by atoms with Crippen molar-refractivity contribution in [1.82, 2.24) is 9.88 Å². The molecule has 4 rings (SSSR count). The van der Waals surface area contributed by atoms with Crippen LogP contribution in [-0.4, -0.2) is 35.9 Å². The molecule has 0 unspecified atom stereocenters. The van der Waals surface area contributed by atoms with Crippen molar-refractivity contribution in [3.63, 3.8) is 0 Å². The molecule has 0 aliphatic rings. The first-order valence-electron chi connectivity index (χ1n) is 10.4. The van der Waals surface area contributed by atoms with E-state index in [-0.39, 0.29) is 11.9 Å². The minimum Gasteiger partial charge on any atom is -0.457 e. The monoisotopic (exact) mass is 440 g/mol. The van der Waals surface area contributed by atoms with E-state index in [1.165, 1.54) is 4.90 Å². The van der Waals surface area contributed by atoms with Crippen LogP contribution in [0.1, 0.15) is 15.9 Å². The van der Waals surface area contributed by atoms with Gasteiger partial charge in [0.05, 0.1) is 0 Å². The lowest BCUT2D eigenvalue weighted by Crippen LogP contribution is -2.27. The summed E-state index contributed by atoms with van der Waals surface area (Å²) < 4.78 is 5.97. The Morgan fingerprint density at radius 2 is 1.64 bits per heavy atom. The lowest BCUT2D eigenvalue weighted by Gasteiger charge is -2.12. The third-order valence-electron chi connectivity index (χ3n) is 4.96. The summed E-state index contributed by atoms with van der Waals surface area (Å²) in [6.45, 7) is 1.98. The van der Waals surface area contributed by atoms with Gasteiger partial charge in [-0.2, -0.15) is 0 Å². The molecule has 0 saturated heterocycles. The van der Waals surface area contributed by atoms with Gasteiger partial charge in [0.2, 0.25) is 0 Å². The first-order chi connectivity index (χ1) is 15.9. The van der Waals surface area contributed by atoms with Crippen molar-refractivity contribution in [1.29, 1.82) is 0 Å². The molecule has 3 amide bonds. The summed E-state index contributed by atoms with van der Waals surface area (Å²) in [5, 5.41) is 7.49. The number of nitrogens with one attached hydrogen (secondary N) is 2. The Labute approximate surface area is 192 Å². The Balaban J connectivity index is 1.53. The van der Waals surface area contributed by atoms with Gasteiger partial charge in [-0.05, 0) is 65.7 Å². The lowest BCUT2D eigenvalue weighted by atomic mass is 10.1. The second-order valence-electron chi connectivity index (χ2n) is 7.85. The molecule has 0 fully saturated rings. The molecule has 1 heterocycles. The van der Waals surface area contributed by atoms with Gasteiger partial charge in [-0.25, -0.2) is 9.78 Å². The van der Waals surface area contributed by atoms with Gasteiger partial charge in [-0.1, -0.05) is 24.3 Å². The van der Waals surface area contributed by atoms with Crippen molar-refractivity contribution >= 4 is 34.2 Å². The molecular weight excluding hydrogens is 416 g/mol. The Bertz CT molecular complexity index is 1330. The number of fused-ring (bicyclic) bond motifs is 1. The van der Waals surface area contributed by atoms with Gasteiger partial charge in [0.15, 0.2) is 0 Å². The number of urea groups is 1. The first kappa shape index (κ1) is 21.8. The molecule has 4 aromatic rings. The number of carbonyl (C=O) groups is 2. The molecule has 3 aromatic carbocycles. The number of rotatable bonds is 5. The fourth-order valence-corrected chi connectivity index (χ4v) is 3.26. The Morgan fingerprint density at radius 3 is 2.42 bits per heavy atom. The van der Waals surface area contributed by atoms with Crippen molar-refractivity contribution in [3.8, 4) is 11.5 Å². The highest BCUT2D eigenvalue weighted by molar-refractivity contribution is 6.06. The molecule has 2 N–H and O–H groups in total. The van der Waals surface area contributed by atoms with E-state index in [2.05, 4.69) is 15.6 Å². The summed E-state index contributed by atoms with van der Waals surface area (Å²) in [6.07, 6.45) is 1.56. The van der Waals surface area contributed by atoms with Crippen LogP contribution >= 0.6 is 0 Å². The van der Waals surface area contributed by atoms with E-state index in [0.29, 0.717) is 22.9 Å². The van der Waals surface area contributed by atoms with Crippen molar-refractivity contribution in [3.05, 3.63) is 90.1 Å². The van der Waals surface area contributed by atoms with Gasteiger partial charge in [0, 0.05) is 37.6 Å². The smallest absolute Gasteiger partial charge is 0.322 e. The van der Waals surface area contributed by atoms with Crippen LogP contribution < -0.4 is 15.4 Å². The number of hydrogen-bond donors (Lipinski definition) is 2. The number of hydrogen-bond acceptors (Lipinski definition) is 4. The molecular formula is C26H24N4O3. The molecule has 0 atom stereocenters. The number of ether oxygens (including phenoxy) is 1. The van der Waals surface area contributed by atoms with Gasteiger partial charge >= 0.3 is 6.03 Å². The zero-order valence-electron chi connectivity index (χ0n) is 18.6. The maximum absolute atomic E-state index is 12.7. The van der Waals surface area contributed by atoms with Gasteiger partial charge in [0.1, 0.15) is 17.3 Å². The molecule has 0 spiro atoms. The number of anilines is 2. The van der Waals surface area contributed by atoms with E-state index in [4.69, 9.17) is 4.74 Å². The molecule has 0 aliphatic heterocycles. The van der Waals surface area contributed by atoms with Gasteiger partial charge in [-0.15, -0.1) is 0 Å². The third kappa shape index (κ3) is 5.46. The van der Waals surface area contributed by atoms with Gasteiger partial charge in [-0.3, -0.25) is 10.1 Å². The van der Waals surface area contributed by atoms with Crippen LogP contribution in [0.15, 0.2) is 79.0 Å². The topological polar surface area (TPSA) is 83.6 Å². The summed E-state index contributed by atoms with van der Waals surface area (Å²) >= 11 is 0. The van der Waals surface area contributed by atoms with Crippen LogP contribution in [0.4, 0.5) is 16.3 Å². The van der Waals surface area contributed by atoms with Crippen LogP contribution in [-0.2, 0) is 0 Å². The predicted molar refractivity (Wildman–Crippen MR) is 130 cm³/mol. The normalized spacial score (nSPS) is 10.5. The van der Waals surface area contributed by atoms with E-state index in [0.717, 1.165) is 22.0 Å². The van der Waals surface area contributed by atoms with E-state index in [1.807, 2.05) is 61.5 Å². The van der Waals surface area contributed by atoms with E-state index in [1.54, 1.807) is 38.5 Å². The average molecular weight is 441 g/mol. The van der Waals surface area contributed by atoms with Crippen molar-refractivity contribution < 1.29 is 14.3 Å². The maximum Gasteiger partial charge on any atom is 0.322 e. The minimum atomic E-state index is -0.276. The first-order valence-corrected chi connectivity index (χ1v) is 10.4. The highest BCUT2D eigenvalue weighted by Crippen LogP contribution is 2.27. The predicted octanol–water partition coefficient (Wildman–Crippen LogP) is 5.68. The second kappa shape index (κ2) is 9.40. The van der Waals surface area contributed by atoms with Crippen LogP contribution in [0, 0.1) is 6.92 Å². The average Bonchev–Trinajstić information content (AvgIpc) is 2.78. The van der Waals surface area contributed by atoms with Crippen LogP contribution in [0.3, 0.4) is 0 Å². The molecule has 7 nitrogen and oxygen atoms in total. The van der Waals surface area contributed by atoms with Crippen molar-refractivity contribution in [2.45, 2.75) is 6.92 Å². The highest BCUT2D eigenvalue weighted by Gasteiger charge is 2.09. The van der Waals surface area contributed by atoms with E-state index in [9.17, 15) is 9.59 Å². The fourth-order valence-electron chi connectivity index (χ4n) is 3.26. The number of nitrogens with zero attached hydrogens (tertiary/aromatic N) is 2. The number of amides is 3. The number of aryl methyl sites for hydroxylation is 1. The number of carbonyl (C=O) groups excluding carboxylic acids is 2. The Kier molecular flexibility index (Phi) is 6.22. The second-order valence-corrected chi connectivity index (χ2v) is 7.85. The summed E-state index contributed by atoms with van der Waals surface area (Å²) in [4.78, 5) is 30.1. The quantitative estimate of drug-likeness (QED) is 0.418. The van der Waals surface area contributed by atoms with Crippen LogP contribution in [0.2, 0.25) is 0 Å². The third-order valence-corrected chi connectivity index (χ3v) is 4.96. The standard InChI is InChI=1S/C26H24N4O3/c1-17-5-4-6-21(13-17)28-25(31)19-8-7-18-9-10-22(15-20(18)14-19)33-23-11-12-27-24(16-23)29-26(32)30(2)3/h4-16H,1-3H3,(H,28,31)(H,27,29,32). The number of pyridine rings is 1. The molecule has 0 saturated carbocycles. The van der Waals surface area contributed by atoms with Gasteiger partial charge < -0.3 is 15.0 Å². The largest absolute Gasteiger partial charge is 0.457 e. The zero-order valence-corrected chi connectivity index (χ0v) is 18.6. The molecule has 33 heavy (non-hydrogen) atoms. The van der Waals surface area contributed by atoms with Crippen molar-refractivity contribution in [2.75, 3.05) is 24.7 Å². The summed E-state index contributed by atoms with van der Waals surface area (Å²) in [5.41, 5.74) is 2.39. The lowest BCUT2D eigenvalue weighted by molar-refractivity contribution is 0.102. The fraction of sp³-hybridized carbons (Fsp3) is 0.115. The summed E-state index contributed by atoms with van der Waals surface area (Å²) in [6, 6.07) is 22.0. The minimum absolute atomic E-state index is 0.177. The number of aromatic nitrogens is 1. The molecule has 0 radical (unpaired) electrons. The summed E-state index contributed by atoms with van der Waals surface area (Å²) in [7, 11) is 3.31. The molecule has 166 valence electrons. The molecule has 7 heteroatoms. The van der Waals surface area contributed by atoms with Gasteiger partial charge in [0.25, 0.3) is 5.91 Å². The van der Waals surface area contributed by atoms with Crippen molar-refractivity contribution in [2.24, 2.45) is 0 Å². The summed E-state index contributed by atoms with van der Waals surface area (Å²) in [5.74, 6) is 1.35. The zero-order chi connectivity index (χ0) is 23.4. The molecule has 0 aliphatic carbocycles. The SMILES string of the molecule is Cc1cccc(NC(=O)c2ccc3ccc(Oc4ccnc(NC(=O)N(C)C)c4)cc3c2)c1. The highest BCUT2D eigenvalue weighted by atomic mass is 16.5. The maximum atomic E-state index is 12.7. The molecule has 1 aromatic heterocycles. The Morgan fingerprint density at radius 1 is 0.848 bits per heavy atom. The van der Waals surface area contributed by atoms with E-state index < -0.39 is 0 Å². The number of benzene rings is 3. The Hall–Kier alpha value is -4.39. The van der Waals surface area contributed by atoms with E-state index >= 15 is 0 Å².